The summed E-state index contributed by atoms with van der Waals surface area (Å²) in [4.78, 5) is 0. The number of aliphatic hydroxyl groups is 1. The van der Waals surface area contributed by atoms with Crippen molar-refractivity contribution in [3.63, 3.8) is 0 Å². The molecule has 4 unspecified atom stereocenters. The topological polar surface area (TPSA) is 20.2 Å². The van der Waals surface area contributed by atoms with Gasteiger partial charge in [0.05, 0.1) is 5.60 Å². The molecule has 1 N–H and O–H groups in total. The molecule has 31 heavy (non-hydrogen) atoms. The Morgan fingerprint density at radius 1 is 0.452 bits per heavy atom. The molecule has 1 heteroatoms. The first-order chi connectivity index (χ1) is 14.5. The minimum Gasteiger partial charge on any atom is -0.390 e. The predicted octanol–water partition coefficient (Wildman–Crippen LogP) is 10.2. The van der Waals surface area contributed by atoms with Gasteiger partial charge < -0.3 is 5.11 Å². The predicted molar refractivity (Wildman–Crippen MR) is 142 cm³/mol. The third-order valence-corrected chi connectivity index (χ3v) is 7.45. The molecule has 0 saturated carbocycles. The molecule has 0 aromatic heterocycles. The van der Waals surface area contributed by atoms with Gasteiger partial charge in [-0.05, 0) is 55.8 Å². The third kappa shape index (κ3) is 21.6. The lowest BCUT2D eigenvalue weighted by Gasteiger charge is -2.25. The lowest BCUT2D eigenvalue weighted by atomic mass is 9.87. The molecule has 4 atom stereocenters. The average molecular weight is 439 g/mol. The Bertz CT molecular complexity index is 384. The normalized spacial score (nSPS) is 17.1. The van der Waals surface area contributed by atoms with Crippen LogP contribution in [-0.2, 0) is 0 Å². The van der Waals surface area contributed by atoms with Crippen LogP contribution in [0.3, 0.4) is 0 Å². The molecule has 0 aromatic carbocycles. The van der Waals surface area contributed by atoms with Crippen molar-refractivity contribution in [2.75, 3.05) is 0 Å². The SMILES string of the molecule is CC(C)CCCCC(C)CCC(C)CCCCC(C)(O)CCC(C)CCCCC(C)C. The molecule has 0 aliphatic carbocycles. The number of rotatable bonds is 21. The van der Waals surface area contributed by atoms with Crippen LogP contribution in [0.4, 0.5) is 0 Å². The number of hydrogen-bond acceptors (Lipinski definition) is 1. The van der Waals surface area contributed by atoms with Crippen LogP contribution in [0.25, 0.3) is 0 Å². The summed E-state index contributed by atoms with van der Waals surface area (Å²) in [7, 11) is 0. The summed E-state index contributed by atoms with van der Waals surface area (Å²) in [6.07, 6.45) is 20.8. The fourth-order valence-electron chi connectivity index (χ4n) is 4.77. The monoisotopic (exact) mass is 438 g/mol. The van der Waals surface area contributed by atoms with Crippen molar-refractivity contribution in [1.82, 2.24) is 0 Å². The fraction of sp³-hybridized carbons (Fsp3) is 1.00. The molecule has 0 heterocycles. The van der Waals surface area contributed by atoms with Crippen molar-refractivity contribution in [2.45, 2.75) is 164 Å². The minimum atomic E-state index is -0.458. The minimum absolute atomic E-state index is 0.458. The Kier molecular flexibility index (Phi) is 18.4. The second kappa shape index (κ2) is 18.4. The summed E-state index contributed by atoms with van der Waals surface area (Å²) in [5.74, 6) is 4.18. The first-order valence-corrected chi connectivity index (χ1v) is 14.2. The second-order valence-electron chi connectivity index (χ2n) is 12.5. The van der Waals surface area contributed by atoms with Crippen LogP contribution in [0.15, 0.2) is 0 Å². The molecule has 0 aromatic rings. The first-order valence-electron chi connectivity index (χ1n) is 14.2. The maximum atomic E-state index is 10.8. The van der Waals surface area contributed by atoms with Crippen LogP contribution >= 0.6 is 0 Å². The van der Waals surface area contributed by atoms with Crippen LogP contribution in [-0.4, -0.2) is 10.7 Å². The summed E-state index contributed by atoms with van der Waals surface area (Å²) in [5, 5.41) is 10.8. The molecular formula is C30H62O. The van der Waals surface area contributed by atoms with E-state index >= 15 is 0 Å². The lowest BCUT2D eigenvalue weighted by molar-refractivity contribution is 0.0328. The van der Waals surface area contributed by atoms with Crippen LogP contribution in [0.1, 0.15) is 158 Å². The van der Waals surface area contributed by atoms with Crippen molar-refractivity contribution in [3.05, 3.63) is 0 Å². The fourth-order valence-corrected chi connectivity index (χ4v) is 4.77. The van der Waals surface area contributed by atoms with Crippen molar-refractivity contribution >= 4 is 0 Å². The van der Waals surface area contributed by atoms with E-state index in [1.165, 1.54) is 89.9 Å². The molecule has 0 amide bonds. The Labute approximate surface area is 198 Å². The van der Waals surface area contributed by atoms with E-state index < -0.39 is 5.60 Å². The zero-order valence-electron chi connectivity index (χ0n) is 23.1. The summed E-state index contributed by atoms with van der Waals surface area (Å²) in [5.41, 5.74) is -0.458. The Morgan fingerprint density at radius 3 is 1.23 bits per heavy atom. The van der Waals surface area contributed by atoms with E-state index in [4.69, 9.17) is 0 Å². The molecule has 188 valence electrons. The summed E-state index contributed by atoms with van der Waals surface area (Å²) < 4.78 is 0. The Morgan fingerprint density at radius 2 is 0.806 bits per heavy atom. The van der Waals surface area contributed by atoms with Crippen molar-refractivity contribution < 1.29 is 5.11 Å². The zero-order valence-corrected chi connectivity index (χ0v) is 23.1. The summed E-state index contributed by atoms with van der Waals surface area (Å²) in [6.45, 7) is 18.6. The van der Waals surface area contributed by atoms with Gasteiger partial charge in [0.15, 0.2) is 0 Å². The van der Waals surface area contributed by atoms with E-state index in [0.29, 0.717) is 0 Å². The van der Waals surface area contributed by atoms with Crippen molar-refractivity contribution in [1.29, 1.82) is 0 Å². The first kappa shape index (κ1) is 31.0. The van der Waals surface area contributed by atoms with Gasteiger partial charge in [0.2, 0.25) is 0 Å². The van der Waals surface area contributed by atoms with Crippen LogP contribution < -0.4 is 0 Å². The van der Waals surface area contributed by atoms with Gasteiger partial charge in [0.25, 0.3) is 0 Å². The lowest BCUT2D eigenvalue weighted by Crippen LogP contribution is -2.24. The van der Waals surface area contributed by atoms with Crippen molar-refractivity contribution in [2.24, 2.45) is 29.6 Å². The Hall–Kier alpha value is -0.0400. The zero-order chi connectivity index (χ0) is 23.7. The van der Waals surface area contributed by atoms with Gasteiger partial charge in [-0.25, -0.2) is 0 Å². The quantitative estimate of drug-likeness (QED) is 0.177. The van der Waals surface area contributed by atoms with Crippen LogP contribution in [0.5, 0.6) is 0 Å². The van der Waals surface area contributed by atoms with Gasteiger partial charge >= 0.3 is 0 Å². The standard InChI is InChI=1S/C30H62O/c1-25(2)15-9-11-17-27(5)20-21-28(6)19-13-14-23-30(8,31)24-22-29(7)18-12-10-16-26(3)4/h25-29,31H,9-24H2,1-8H3. The van der Waals surface area contributed by atoms with Crippen molar-refractivity contribution in [3.8, 4) is 0 Å². The van der Waals surface area contributed by atoms with E-state index in [1.54, 1.807) is 0 Å². The second-order valence-corrected chi connectivity index (χ2v) is 12.5. The highest BCUT2D eigenvalue weighted by atomic mass is 16.3. The molecule has 0 aliphatic rings. The van der Waals surface area contributed by atoms with E-state index in [0.717, 1.165) is 42.4 Å². The molecule has 0 aliphatic heterocycles. The van der Waals surface area contributed by atoms with E-state index in [-0.39, 0.29) is 0 Å². The maximum Gasteiger partial charge on any atom is 0.0619 e. The highest BCUT2D eigenvalue weighted by Gasteiger charge is 2.20. The van der Waals surface area contributed by atoms with E-state index in [9.17, 15) is 5.11 Å². The van der Waals surface area contributed by atoms with E-state index in [2.05, 4.69) is 55.4 Å². The van der Waals surface area contributed by atoms with Gasteiger partial charge in [0.1, 0.15) is 0 Å². The molecular weight excluding hydrogens is 376 g/mol. The highest BCUT2D eigenvalue weighted by molar-refractivity contribution is 4.74. The molecule has 0 spiro atoms. The molecule has 0 radical (unpaired) electrons. The van der Waals surface area contributed by atoms with Gasteiger partial charge in [-0.15, -0.1) is 0 Å². The molecule has 0 saturated heterocycles. The van der Waals surface area contributed by atoms with Crippen LogP contribution in [0.2, 0.25) is 0 Å². The van der Waals surface area contributed by atoms with Gasteiger partial charge in [-0.1, -0.05) is 132 Å². The average Bonchev–Trinajstić information content (AvgIpc) is 2.68. The largest absolute Gasteiger partial charge is 0.390 e. The maximum absolute atomic E-state index is 10.8. The van der Waals surface area contributed by atoms with Gasteiger partial charge in [0, 0.05) is 0 Å². The molecule has 0 rings (SSSR count). The molecule has 0 bridgehead atoms. The number of hydrogen-bond donors (Lipinski definition) is 1. The van der Waals surface area contributed by atoms with Crippen LogP contribution in [0, 0.1) is 29.6 Å². The van der Waals surface area contributed by atoms with Gasteiger partial charge in [-0.2, -0.15) is 0 Å². The molecule has 1 nitrogen and oxygen atoms in total. The van der Waals surface area contributed by atoms with Gasteiger partial charge in [-0.3, -0.25) is 0 Å². The smallest absolute Gasteiger partial charge is 0.0619 e. The third-order valence-electron chi connectivity index (χ3n) is 7.45. The summed E-state index contributed by atoms with van der Waals surface area (Å²) >= 11 is 0. The van der Waals surface area contributed by atoms with E-state index in [1.807, 2.05) is 0 Å². The molecule has 0 fully saturated rings. The highest BCUT2D eigenvalue weighted by Crippen LogP contribution is 2.27. The Balaban J connectivity index is 3.74. The number of unbranched alkanes of at least 4 members (excludes halogenated alkanes) is 3. The summed E-state index contributed by atoms with van der Waals surface area (Å²) in [6, 6.07) is 0.